The lowest BCUT2D eigenvalue weighted by atomic mass is 9.80. The highest BCUT2D eigenvalue weighted by molar-refractivity contribution is 7.89. The molecule has 6 heteroatoms. The van der Waals surface area contributed by atoms with Crippen molar-refractivity contribution in [3.63, 3.8) is 0 Å². The number of nitrogens with zero attached hydrogens (tertiary/aromatic N) is 1. The first-order chi connectivity index (χ1) is 12.5. The van der Waals surface area contributed by atoms with Crippen LogP contribution in [0.2, 0.25) is 0 Å². The molecule has 1 saturated carbocycles. The SMILES string of the molecule is O=S(=O)(NCC1(Cc2ccc(CCO)cc2)CCCC1)c1cccnc1. The third-order valence-corrected chi connectivity index (χ3v) is 6.64. The van der Waals surface area contributed by atoms with Gasteiger partial charge in [0.05, 0.1) is 0 Å². The van der Waals surface area contributed by atoms with Crippen molar-refractivity contribution in [2.75, 3.05) is 13.2 Å². The summed E-state index contributed by atoms with van der Waals surface area (Å²) in [7, 11) is -3.53. The Morgan fingerprint density at radius 2 is 1.77 bits per heavy atom. The van der Waals surface area contributed by atoms with Crippen LogP contribution in [0.3, 0.4) is 0 Å². The van der Waals surface area contributed by atoms with Crippen LogP contribution in [-0.2, 0) is 22.9 Å². The van der Waals surface area contributed by atoms with Gasteiger partial charge in [0.2, 0.25) is 10.0 Å². The Labute approximate surface area is 155 Å². The molecule has 0 bridgehead atoms. The molecule has 0 amide bonds. The van der Waals surface area contributed by atoms with Crippen LogP contribution in [0.1, 0.15) is 36.8 Å². The molecule has 3 rings (SSSR count). The van der Waals surface area contributed by atoms with Crippen LogP contribution in [0.15, 0.2) is 53.7 Å². The lowest BCUT2D eigenvalue weighted by molar-refractivity contribution is 0.294. The van der Waals surface area contributed by atoms with Crippen molar-refractivity contribution in [3.05, 3.63) is 59.9 Å². The van der Waals surface area contributed by atoms with Crippen LogP contribution in [-0.4, -0.2) is 31.7 Å². The largest absolute Gasteiger partial charge is 0.396 e. The van der Waals surface area contributed by atoms with Gasteiger partial charge in [0.1, 0.15) is 4.90 Å². The van der Waals surface area contributed by atoms with Crippen molar-refractivity contribution >= 4 is 10.0 Å². The van der Waals surface area contributed by atoms with Gasteiger partial charge in [-0.15, -0.1) is 0 Å². The van der Waals surface area contributed by atoms with Crippen LogP contribution in [0, 0.1) is 5.41 Å². The molecule has 0 radical (unpaired) electrons. The molecule has 2 aromatic rings. The number of sulfonamides is 1. The minimum Gasteiger partial charge on any atom is -0.396 e. The summed E-state index contributed by atoms with van der Waals surface area (Å²) < 4.78 is 27.9. The normalized spacial score (nSPS) is 16.7. The van der Waals surface area contributed by atoms with E-state index in [1.807, 2.05) is 12.1 Å². The van der Waals surface area contributed by atoms with Crippen molar-refractivity contribution in [1.29, 1.82) is 0 Å². The zero-order chi connectivity index (χ0) is 18.5. The molecule has 26 heavy (non-hydrogen) atoms. The van der Waals surface area contributed by atoms with Gasteiger partial charge in [-0.2, -0.15) is 0 Å². The van der Waals surface area contributed by atoms with Crippen molar-refractivity contribution in [2.24, 2.45) is 5.41 Å². The number of pyridine rings is 1. The van der Waals surface area contributed by atoms with E-state index >= 15 is 0 Å². The van der Waals surface area contributed by atoms with E-state index in [9.17, 15) is 8.42 Å². The highest BCUT2D eigenvalue weighted by atomic mass is 32.2. The molecule has 0 aliphatic heterocycles. The van der Waals surface area contributed by atoms with Gasteiger partial charge in [0.15, 0.2) is 0 Å². The molecule has 1 fully saturated rings. The maximum atomic E-state index is 12.5. The van der Waals surface area contributed by atoms with Gasteiger partial charge in [0, 0.05) is 25.5 Å². The predicted molar refractivity (Wildman–Crippen MR) is 101 cm³/mol. The second kappa shape index (κ2) is 8.29. The van der Waals surface area contributed by atoms with Crippen LogP contribution in [0.5, 0.6) is 0 Å². The Kier molecular flexibility index (Phi) is 6.06. The highest BCUT2D eigenvalue weighted by Crippen LogP contribution is 2.40. The van der Waals surface area contributed by atoms with Gasteiger partial charge in [-0.25, -0.2) is 13.1 Å². The second-order valence-corrected chi connectivity index (χ2v) is 8.95. The van der Waals surface area contributed by atoms with Crippen LogP contribution in [0.4, 0.5) is 0 Å². The van der Waals surface area contributed by atoms with Crippen molar-refractivity contribution < 1.29 is 13.5 Å². The van der Waals surface area contributed by atoms with E-state index in [0.717, 1.165) is 37.7 Å². The van der Waals surface area contributed by atoms with Gasteiger partial charge in [-0.3, -0.25) is 4.98 Å². The van der Waals surface area contributed by atoms with Crippen molar-refractivity contribution in [2.45, 2.75) is 43.4 Å². The average Bonchev–Trinajstić information content (AvgIpc) is 3.12. The quantitative estimate of drug-likeness (QED) is 0.745. The van der Waals surface area contributed by atoms with Gasteiger partial charge in [0.25, 0.3) is 0 Å². The average molecular weight is 375 g/mol. The first-order valence-electron chi connectivity index (χ1n) is 9.11. The van der Waals surface area contributed by atoms with E-state index < -0.39 is 10.0 Å². The summed E-state index contributed by atoms with van der Waals surface area (Å²) in [5.74, 6) is 0. The summed E-state index contributed by atoms with van der Waals surface area (Å²) in [6.07, 6.45) is 8.80. The summed E-state index contributed by atoms with van der Waals surface area (Å²) in [6, 6.07) is 11.5. The molecular formula is C20H26N2O3S. The smallest absolute Gasteiger partial charge is 0.242 e. The molecule has 0 spiro atoms. The van der Waals surface area contributed by atoms with Crippen LogP contribution in [0.25, 0.3) is 0 Å². The third kappa shape index (κ3) is 4.69. The Bertz CT molecular complexity index is 799. The molecule has 140 valence electrons. The Morgan fingerprint density at radius 1 is 1.08 bits per heavy atom. The Morgan fingerprint density at radius 3 is 2.38 bits per heavy atom. The van der Waals surface area contributed by atoms with Crippen molar-refractivity contribution in [3.8, 4) is 0 Å². The number of aliphatic hydroxyl groups is 1. The van der Waals surface area contributed by atoms with Crippen LogP contribution >= 0.6 is 0 Å². The molecule has 2 N–H and O–H groups in total. The second-order valence-electron chi connectivity index (χ2n) is 7.19. The van der Waals surface area contributed by atoms with Gasteiger partial charge in [-0.1, -0.05) is 37.1 Å². The number of hydrogen-bond donors (Lipinski definition) is 2. The number of aromatic nitrogens is 1. The molecule has 1 aromatic carbocycles. The van der Waals surface area contributed by atoms with E-state index in [0.29, 0.717) is 13.0 Å². The third-order valence-electron chi connectivity index (χ3n) is 5.25. The topological polar surface area (TPSA) is 79.3 Å². The molecule has 1 aromatic heterocycles. The lowest BCUT2D eigenvalue weighted by Crippen LogP contribution is -2.37. The highest BCUT2D eigenvalue weighted by Gasteiger charge is 2.35. The Balaban J connectivity index is 1.70. The predicted octanol–water partition coefficient (Wildman–Crippen LogP) is 2.70. The maximum Gasteiger partial charge on any atom is 0.242 e. The van der Waals surface area contributed by atoms with E-state index in [1.54, 1.807) is 18.3 Å². The van der Waals surface area contributed by atoms with Crippen molar-refractivity contribution in [1.82, 2.24) is 9.71 Å². The fraction of sp³-hybridized carbons (Fsp3) is 0.450. The Hall–Kier alpha value is -1.76. The zero-order valence-corrected chi connectivity index (χ0v) is 15.7. The molecule has 0 unspecified atom stereocenters. The number of hydrogen-bond acceptors (Lipinski definition) is 4. The van der Waals surface area contributed by atoms with Crippen LogP contribution < -0.4 is 4.72 Å². The fourth-order valence-electron chi connectivity index (χ4n) is 3.76. The first kappa shape index (κ1) is 19.0. The standard InChI is InChI=1S/C20H26N2O3S/c23-13-9-17-5-7-18(8-6-17)14-20(10-1-2-11-20)16-22-26(24,25)19-4-3-12-21-15-19/h3-8,12,15,22-23H,1-2,9-11,13-14,16H2. The summed E-state index contributed by atoms with van der Waals surface area (Å²) in [5, 5.41) is 9.03. The van der Waals surface area contributed by atoms with Gasteiger partial charge >= 0.3 is 0 Å². The minimum atomic E-state index is -3.53. The molecule has 0 atom stereocenters. The minimum absolute atomic E-state index is 0.0340. The van der Waals surface area contributed by atoms with E-state index in [-0.39, 0.29) is 16.9 Å². The van der Waals surface area contributed by atoms with Gasteiger partial charge < -0.3 is 5.11 Å². The molecule has 5 nitrogen and oxygen atoms in total. The van der Waals surface area contributed by atoms with E-state index in [1.165, 1.54) is 11.8 Å². The van der Waals surface area contributed by atoms with E-state index in [4.69, 9.17) is 5.11 Å². The molecule has 1 heterocycles. The number of rotatable bonds is 8. The molecule has 1 aliphatic rings. The summed E-state index contributed by atoms with van der Waals surface area (Å²) >= 11 is 0. The van der Waals surface area contributed by atoms with Gasteiger partial charge in [-0.05, 0) is 54.4 Å². The molecular weight excluding hydrogens is 348 g/mol. The maximum absolute atomic E-state index is 12.5. The molecule has 1 aliphatic carbocycles. The fourth-order valence-corrected chi connectivity index (χ4v) is 4.88. The number of aliphatic hydroxyl groups excluding tert-OH is 1. The zero-order valence-electron chi connectivity index (χ0n) is 14.9. The summed E-state index contributed by atoms with van der Waals surface area (Å²) in [5.41, 5.74) is 2.30. The number of nitrogens with one attached hydrogen (secondary N) is 1. The summed E-state index contributed by atoms with van der Waals surface area (Å²) in [4.78, 5) is 4.11. The summed E-state index contributed by atoms with van der Waals surface area (Å²) in [6.45, 7) is 0.599. The molecule has 0 saturated heterocycles. The number of benzene rings is 1. The monoisotopic (exact) mass is 374 g/mol. The lowest BCUT2D eigenvalue weighted by Gasteiger charge is -2.29. The first-order valence-corrected chi connectivity index (χ1v) is 10.6. The van der Waals surface area contributed by atoms with E-state index in [2.05, 4.69) is 21.8 Å².